The molecule has 0 aliphatic carbocycles. The van der Waals surface area contributed by atoms with E-state index in [4.69, 9.17) is 17.2 Å². The van der Waals surface area contributed by atoms with Crippen molar-refractivity contribution in [2.45, 2.75) is 45.3 Å². The quantitative estimate of drug-likeness (QED) is 0.383. The molecule has 0 unspecified atom stereocenters. The zero-order chi connectivity index (χ0) is 19.8. The third kappa shape index (κ3) is 4.75. The summed E-state index contributed by atoms with van der Waals surface area (Å²) < 4.78 is 6.20. The Labute approximate surface area is 166 Å². The molecule has 0 radical (unpaired) electrons. The molecule has 0 amide bonds. The lowest BCUT2D eigenvalue weighted by molar-refractivity contribution is -0.683. The summed E-state index contributed by atoms with van der Waals surface area (Å²) in [6.45, 7) is 6.41. The largest absolute Gasteiger partial charge is 0.421 e. The Morgan fingerprint density at radius 1 is 1.00 bits per heavy atom. The van der Waals surface area contributed by atoms with Crippen LogP contribution in [0.25, 0.3) is 0 Å². The predicted molar refractivity (Wildman–Crippen MR) is 109 cm³/mol. The third-order valence-electron chi connectivity index (χ3n) is 4.92. The first kappa shape index (κ1) is 20.4. The zero-order valence-corrected chi connectivity index (χ0v) is 16.6. The molecule has 2 aromatic heterocycles. The van der Waals surface area contributed by atoms with Gasteiger partial charge in [0.15, 0.2) is 11.5 Å². The lowest BCUT2D eigenvalue weighted by Gasteiger charge is -2.29. The van der Waals surface area contributed by atoms with Crippen LogP contribution in [0.4, 0.5) is 17.5 Å². The first-order chi connectivity index (χ1) is 13.8. The summed E-state index contributed by atoms with van der Waals surface area (Å²) in [5.74, 6) is 1.85. The SMILES string of the molecule is NCCCN1CCCn2ncc(N=Nc3n(CCCN)cc[n+]3CCCN)c21. The molecule has 10 nitrogen and oxygen atoms in total. The fourth-order valence-electron chi connectivity index (χ4n) is 3.49. The number of rotatable bonds is 11. The van der Waals surface area contributed by atoms with Crippen LogP contribution in [0.5, 0.6) is 0 Å². The van der Waals surface area contributed by atoms with Gasteiger partial charge in [0.25, 0.3) is 0 Å². The Hall–Kier alpha value is -2.30. The second-order valence-electron chi connectivity index (χ2n) is 7.03. The number of imidazole rings is 1. The minimum atomic E-state index is 0.643. The Morgan fingerprint density at radius 3 is 2.57 bits per heavy atom. The minimum Gasteiger partial charge on any atom is -0.355 e. The van der Waals surface area contributed by atoms with E-state index in [1.54, 1.807) is 6.20 Å². The number of nitrogens with zero attached hydrogens (tertiary/aromatic N) is 7. The number of azo groups is 1. The first-order valence-electron chi connectivity index (χ1n) is 10.2. The van der Waals surface area contributed by atoms with Crippen LogP contribution in [0.2, 0.25) is 0 Å². The number of nitrogens with two attached hydrogens (primary N) is 3. The molecule has 0 fully saturated rings. The van der Waals surface area contributed by atoms with Crippen LogP contribution in [-0.4, -0.2) is 47.1 Å². The van der Waals surface area contributed by atoms with E-state index in [9.17, 15) is 0 Å². The lowest BCUT2D eigenvalue weighted by atomic mass is 10.2. The Morgan fingerprint density at radius 2 is 1.79 bits per heavy atom. The van der Waals surface area contributed by atoms with Crippen molar-refractivity contribution in [2.75, 3.05) is 37.6 Å². The van der Waals surface area contributed by atoms with Gasteiger partial charge in [-0.15, -0.1) is 0 Å². The predicted octanol–water partition coefficient (Wildman–Crippen LogP) is 0.644. The molecular formula is C18H33N10+. The molecule has 10 heteroatoms. The van der Waals surface area contributed by atoms with Crippen molar-refractivity contribution in [3.63, 3.8) is 0 Å². The van der Waals surface area contributed by atoms with Crippen LogP contribution in [0.3, 0.4) is 0 Å². The highest BCUT2D eigenvalue weighted by atomic mass is 15.4. The molecule has 1 aliphatic rings. The highest BCUT2D eigenvalue weighted by molar-refractivity contribution is 5.62. The van der Waals surface area contributed by atoms with Gasteiger partial charge in [-0.3, -0.25) is 0 Å². The van der Waals surface area contributed by atoms with Gasteiger partial charge >= 0.3 is 5.95 Å². The maximum Gasteiger partial charge on any atom is 0.421 e. The highest BCUT2D eigenvalue weighted by Crippen LogP contribution is 2.32. The van der Waals surface area contributed by atoms with Gasteiger partial charge in [-0.2, -0.15) is 5.10 Å². The van der Waals surface area contributed by atoms with Crippen LogP contribution in [-0.2, 0) is 19.6 Å². The summed E-state index contributed by atoms with van der Waals surface area (Å²) >= 11 is 0. The molecule has 0 saturated heterocycles. The third-order valence-corrected chi connectivity index (χ3v) is 4.92. The van der Waals surface area contributed by atoms with Crippen molar-refractivity contribution >= 4 is 17.5 Å². The average Bonchev–Trinajstić information content (AvgIpc) is 3.31. The molecule has 0 aromatic carbocycles. The first-order valence-corrected chi connectivity index (χ1v) is 10.2. The van der Waals surface area contributed by atoms with Gasteiger partial charge in [-0.1, -0.05) is 5.11 Å². The van der Waals surface area contributed by atoms with E-state index in [1.807, 2.05) is 17.1 Å². The fraction of sp³-hybridized carbons (Fsp3) is 0.667. The molecule has 3 rings (SSSR count). The van der Waals surface area contributed by atoms with Crippen molar-refractivity contribution in [1.82, 2.24) is 14.3 Å². The summed E-state index contributed by atoms with van der Waals surface area (Å²) in [4.78, 5) is 2.31. The standard InChI is InChI=1S/C18H33N10/c19-5-1-8-25-11-4-12-28-17(25)16(15-22-28)23-24-18-26(9-2-6-20)13-14-27(18)10-3-7-21/h13-15H,1-12,19-21H2/q+1. The van der Waals surface area contributed by atoms with Crippen molar-refractivity contribution in [3.05, 3.63) is 18.6 Å². The molecule has 0 saturated carbocycles. The second-order valence-corrected chi connectivity index (χ2v) is 7.03. The molecule has 28 heavy (non-hydrogen) atoms. The van der Waals surface area contributed by atoms with Gasteiger partial charge < -0.3 is 22.1 Å². The second kappa shape index (κ2) is 10.3. The van der Waals surface area contributed by atoms with Crippen LogP contribution in [0.15, 0.2) is 28.8 Å². The summed E-state index contributed by atoms with van der Waals surface area (Å²) in [7, 11) is 0. The van der Waals surface area contributed by atoms with E-state index in [-0.39, 0.29) is 0 Å². The molecule has 0 atom stereocenters. The summed E-state index contributed by atoms with van der Waals surface area (Å²) in [5.41, 5.74) is 17.9. The van der Waals surface area contributed by atoms with Gasteiger partial charge in [0.2, 0.25) is 0 Å². The molecule has 6 N–H and O–H groups in total. The summed E-state index contributed by atoms with van der Waals surface area (Å²) in [6.07, 6.45) is 9.67. The van der Waals surface area contributed by atoms with E-state index in [0.717, 1.165) is 75.9 Å². The fourth-order valence-corrected chi connectivity index (χ4v) is 3.49. The highest BCUT2D eigenvalue weighted by Gasteiger charge is 2.23. The van der Waals surface area contributed by atoms with Crippen molar-refractivity contribution in [3.8, 4) is 0 Å². The lowest BCUT2D eigenvalue weighted by Crippen LogP contribution is -2.34. The number of hydrogen-bond donors (Lipinski definition) is 3. The van der Waals surface area contributed by atoms with E-state index in [2.05, 4.69) is 29.4 Å². The number of fused-ring (bicyclic) bond motifs is 1. The Kier molecular flexibility index (Phi) is 7.52. The van der Waals surface area contributed by atoms with Crippen LogP contribution >= 0.6 is 0 Å². The number of aryl methyl sites for hydroxylation is 3. The molecule has 0 spiro atoms. The van der Waals surface area contributed by atoms with E-state index in [0.29, 0.717) is 19.6 Å². The minimum absolute atomic E-state index is 0.643. The van der Waals surface area contributed by atoms with Crippen LogP contribution < -0.4 is 26.7 Å². The van der Waals surface area contributed by atoms with Gasteiger partial charge in [0.1, 0.15) is 0 Å². The van der Waals surface area contributed by atoms with Gasteiger partial charge in [0.05, 0.1) is 31.7 Å². The number of hydrogen-bond acceptors (Lipinski definition) is 7. The Balaban J connectivity index is 1.85. The maximum atomic E-state index is 5.70. The normalized spacial score (nSPS) is 14.2. The molecule has 3 heterocycles. The maximum absolute atomic E-state index is 5.70. The zero-order valence-electron chi connectivity index (χ0n) is 16.6. The van der Waals surface area contributed by atoms with Gasteiger partial charge in [-0.25, -0.2) is 13.8 Å². The molecule has 154 valence electrons. The Bertz CT molecular complexity index is 737. The van der Waals surface area contributed by atoms with Gasteiger partial charge in [-0.05, 0) is 45.3 Å². The van der Waals surface area contributed by atoms with Crippen molar-refractivity contribution < 1.29 is 4.57 Å². The van der Waals surface area contributed by atoms with Gasteiger partial charge in [0, 0.05) is 24.7 Å². The molecular weight excluding hydrogens is 356 g/mol. The van der Waals surface area contributed by atoms with Crippen molar-refractivity contribution in [2.24, 2.45) is 27.4 Å². The monoisotopic (exact) mass is 389 g/mol. The van der Waals surface area contributed by atoms with E-state index < -0.39 is 0 Å². The van der Waals surface area contributed by atoms with E-state index >= 15 is 0 Å². The van der Waals surface area contributed by atoms with E-state index in [1.165, 1.54) is 0 Å². The average molecular weight is 390 g/mol. The number of anilines is 1. The topological polar surface area (TPSA) is 133 Å². The van der Waals surface area contributed by atoms with Crippen LogP contribution in [0, 0.1) is 0 Å². The van der Waals surface area contributed by atoms with Crippen molar-refractivity contribution in [1.29, 1.82) is 0 Å². The van der Waals surface area contributed by atoms with Crippen LogP contribution in [0.1, 0.15) is 25.7 Å². The smallest absolute Gasteiger partial charge is 0.355 e. The molecule has 2 aromatic rings. The number of aromatic nitrogens is 4. The summed E-state index contributed by atoms with van der Waals surface area (Å²) in [6, 6.07) is 0. The summed E-state index contributed by atoms with van der Waals surface area (Å²) in [5, 5.41) is 13.7. The molecule has 0 bridgehead atoms. The molecule has 1 aliphatic heterocycles.